The van der Waals surface area contributed by atoms with Gasteiger partial charge in [0.25, 0.3) is 0 Å². The third-order valence-corrected chi connectivity index (χ3v) is 5.81. The van der Waals surface area contributed by atoms with Crippen molar-refractivity contribution in [1.29, 1.82) is 0 Å². The second-order valence-corrected chi connectivity index (χ2v) is 7.95. The lowest BCUT2D eigenvalue weighted by Crippen LogP contribution is -2.41. The van der Waals surface area contributed by atoms with Gasteiger partial charge in [-0.15, -0.1) is 0 Å². The van der Waals surface area contributed by atoms with Gasteiger partial charge in [0.2, 0.25) is 5.91 Å². The number of morpholine rings is 1. The summed E-state index contributed by atoms with van der Waals surface area (Å²) in [7, 11) is 0. The van der Waals surface area contributed by atoms with E-state index < -0.39 is 5.92 Å². The van der Waals surface area contributed by atoms with Crippen molar-refractivity contribution < 1.29 is 13.9 Å². The molecule has 1 amide bonds. The van der Waals surface area contributed by atoms with E-state index in [4.69, 9.17) is 16.3 Å². The van der Waals surface area contributed by atoms with E-state index >= 15 is 0 Å². The summed E-state index contributed by atoms with van der Waals surface area (Å²) in [5.41, 5.74) is 2.27. The number of benzene rings is 2. The summed E-state index contributed by atoms with van der Waals surface area (Å²) in [5.74, 6) is -0.838. The molecule has 0 aliphatic carbocycles. The van der Waals surface area contributed by atoms with Crippen molar-refractivity contribution in [1.82, 2.24) is 15.2 Å². The van der Waals surface area contributed by atoms with Crippen LogP contribution in [0.5, 0.6) is 0 Å². The molecule has 1 aliphatic rings. The van der Waals surface area contributed by atoms with Crippen LogP contribution in [0.2, 0.25) is 5.02 Å². The summed E-state index contributed by atoms with van der Waals surface area (Å²) in [6.07, 6.45) is 2.00. The van der Waals surface area contributed by atoms with E-state index in [1.807, 2.05) is 18.3 Å². The number of halogens is 2. The Morgan fingerprint density at radius 2 is 2.00 bits per heavy atom. The van der Waals surface area contributed by atoms with Crippen LogP contribution in [-0.2, 0) is 9.53 Å². The molecule has 2 aromatic carbocycles. The number of carbonyl (C=O) groups excluding carboxylic acids is 1. The minimum atomic E-state index is -0.415. The molecule has 1 saturated heterocycles. The average molecular weight is 430 g/mol. The third-order valence-electron chi connectivity index (χ3n) is 5.58. The fourth-order valence-electron chi connectivity index (χ4n) is 3.98. The predicted octanol–water partition coefficient (Wildman–Crippen LogP) is 3.93. The maximum absolute atomic E-state index is 14.7. The molecule has 1 aliphatic heterocycles. The van der Waals surface area contributed by atoms with Gasteiger partial charge in [-0.1, -0.05) is 29.8 Å². The number of amides is 1. The van der Waals surface area contributed by atoms with Crippen molar-refractivity contribution >= 4 is 28.4 Å². The Morgan fingerprint density at radius 3 is 2.80 bits per heavy atom. The molecule has 1 aromatic heterocycles. The zero-order valence-electron chi connectivity index (χ0n) is 16.7. The zero-order valence-corrected chi connectivity index (χ0v) is 17.4. The normalized spacial score (nSPS) is 15.9. The van der Waals surface area contributed by atoms with Crippen molar-refractivity contribution in [2.75, 3.05) is 39.4 Å². The first-order valence-corrected chi connectivity index (χ1v) is 10.6. The Morgan fingerprint density at radius 1 is 1.20 bits per heavy atom. The number of nitrogens with one attached hydrogen (secondary N) is 2. The highest BCUT2D eigenvalue weighted by Crippen LogP contribution is 2.35. The molecule has 30 heavy (non-hydrogen) atoms. The largest absolute Gasteiger partial charge is 0.379 e. The molecule has 4 rings (SSSR count). The van der Waals surface area contributed by atoms with E-state index in [-0.39, 0.29) is 18.1 Å². The van der Waals surface area contributed by atoms with Crippen molar-refractivity contribution in [2.24, 2.45) is 0 Å². The Hall–Kier alpha value is -2.41. The van der Waals surface area contributed by atoms with Crippen LogP contribution in [0.4, 0.5) is 4.39 Å². The monoisotopic (exact) mass is 429 g/mol. The number of carbonyl (C=O) groups is 1. The molecule has 0 bridgehead atoms. The molecule has 158 valence electrons. The van der Waals surface area contributed by atoms with Crippen molar-refractivity contribution in [3.63, 3.8) is 0 Å². The second kappa shape index (κ2) is 9.60. The molecule has 3 aromatic rings. The lowest BCUT2D eigenvalue weighted by atomic mass is 9.87. The highest BCUT2D eigenvalue weighted by atomic mass is 35.5. The van der Waals surface area contributed by atoms with E-state index in [0.717, 1.165) is 49.3 Å². The Balaban J connectivity index is 1.53. The minimum Gasteiger partial charge on any atom is -0.379 e. The van der Waals surface area contributed by atoms with Crippen LogP contribution in [0, 0.1) is 5.82 Å². The van der Waals surface area contributed by atoms with E-state index in [1.54, 1.807) is 24.3 Å². The van der Waals surface area contributed by atoms with Crippen LogP contribution in [0.1, 0.15) is 23.5 Å². The van der Waals surface area contributed by atoms with Gasteiger partial charge in [0.05, 0.1) is 13.2 Å². The fraction of sp³-hybridized carbons (Fsp3) is 0.348. The van der Waals surface area contributed by atoms with Crippen molar-refractivity contribution in [2.45, 2.75) is 12.3 Å². The van der Waals surface area contributed by atoms with Crippen LogP contribution in [0.25, 0.3) is 10.9 Å². The number of aromatic amines is 1. The van der Waals surface area contributed by atoms with Gasteiger partial charge < -0.3 is 15.0 Å². The molecular formula is C23H25ClFN3O2. The Kier molecular flexibility index (Phi) is 6.67. The molecule has 0 radical (unpaired) electrons. The lowest BCUT2D eigenvalue weighted by Gasteiger charge is -2.26. The molecule has 1 atom stereocenters. The molecule has 5 nitrogen and oxygen atoms in total. The standard InChI is InChI=1S/C23H25ClFN3O2/c24-16-5-6-22-19(13-16)20(15-27-22)18(17-3-1-2-4-21(17)25)14-23(29)26-7-8-28-9-11-30-12-10-28/h1-6,13,15,18,27H,7-12,14H2,(H,26,29)/t18-/m0/s1. The van der Waals surface area contributed by atoms with Gasteiger partial charge in [-0.25, -0.2) is 4.39 Å². The Labute approximate surface area is 180 Å². The maximum Gasteiger partial charge on any atom is 0.220 e. The van der Waals surface area contributed by atoms with Gasteiger partial charge in [-0.05, 0) is 35.4 Å². The first-order valence-electron chi connectivity index (χ1n) is 10.2. The third kappa shape index (κ3) is 4.83. The number of rotatable bonds is 7. The highest BCUT2D eigenvalue weighted by Gasteiger charge is 2.24. The number of H-pyrrole nitrogens is 1. The number of fused-ring (bicyclic) bond motifs is 1. The molecule has 1 fully saturated rings. The molecule has 0 spiro atoms. The van der Waals surface area contributed by atoms with Gasteiger partial charge in [-0.3, -0.25) is 9.69 Å². The summed E-state index contributed by atoms with van der Waals surface area (Å²) >= 11 is 6.20. The van der Waals surface area contributed by atoms with Crippen LogP contribution in [0.15, 0.2) is 48.7 Å². The molecule has 2 heterocycles. The highest BCUT2D eigenvalue weighted by molar-refractivity contribution is 6.31. The molecular weight excluding hydrogens is 405 g/mol. The predicted molar refractivity (Wildman–Crippen MR) is 116 cm³/mol. The van der Waals surface area contributed by atoms with Gasteiger partial charge in [0.1, 0.15) is 5.82 Å². The summed E-state index contributed by atoms with van der Waals surface area (Å²) in [4.78, 5) is 18.2. The number of aromatic nitrogens is 1. The van der Waals surface area contributed by atoms with Gasteiger partial charge >= 0.3 is 0 Å². The van der Waals surface area contributed by atoms with Gasteiger partial charge in [0.15, 0.2) is 0 Å². The maximum atomic E-state index is 14.7. The van der Waals surface area contributed by atoms with Crippen LogP contribution >= 0.6 is 11.6 Å². The SMILES string of the molecule is O=C(C[C@@H](c1ccccc1F)c1c[nH]c2ccc(Cl)cc12)NCCN1CCOCC1. The zero-order chi connectivity index (χ0) is 20.9. The fourth-order valence-corrected chi connectivity index (χ4v) is 4.16. The minimum absolute atomic E-state index is 0.104. The van der Waals surface area contributed by atoms with E-state index in [0.29, 0.717) is 17.1 Å². The Bertz CT molecular complexity index is 1020. The smallest absolute Gasteiger partial charge is 0.220 e. The number of ether oxygens (including phenoxy) is 1. The van der Waals surface area contributed by atoms with Crippen molar-refractivity contribution in [3.8, 4) is 0 Å². The summed E-state index contributed by atoms with van der Waals surface area (Å²) in [5, 5.41) is 4.49. The van der Waals surface area contributed by atoms with Crippen LogP contribution in [-0.4, -0.2) is 55.2 Å². The number of nitrogens with zero attached hydrogens (tertiary/aromatic N) is 1. The lowest BCUT2D eigenvalue weighted by molar-refractivity contribution is -0.121. The topological polar surface area (TPSA) is 57.4 Å². The second-order valence-electron chi connectivity index (χ2n) is 7.52. The first-order chi connectivity index (χ1) is 14.6. The van der Waals surface area contributed by atoms with Crippen molar-refractivity contribution in [3.05, 3.63) is 70.6 Å². The molecule has 0 unspecified atom stereocenters. The summed E-state index contributed by atoms with van der Waals surface area (Å²) in [6, 6.07) is 12.2. The van der Waals surface area contributed by atoms with E-state index in [9.17, 15) is 9.18 Å². The molecule has 0 saturated carbocycles. The number of hydrogen-bond acceptors (Lipinski definition) is 3. The van der Waals surface area contributed by atoms with E-state index in [1.165, 1.54) is 6.07 Å². The molecule has 2 N–H and O–H groups in total. The average Bonchev–Trinajstić information content (AvgIpc) is 3.16. The van der Waals surface area contributed by atoms with Crippen LogP contribution < -0.4 is 5.32 Å². The summed E-state index contributed by atoms with van der Waals surface area (Å²) in [6.45, 7) is 4.55. The molecule has 7 heteroatoms. The van der Waals surface area contributed by atoms with Gasteiger partial charge in [0, 0.05) is 60.6 Å². The summed E-state index contributed by atoms with van der Waals surface area (Å²) < 4.78 is 20.0. The van der Waals surface area contributed by atoms with E-state index in [2.05, 4.69) is 15.2 Å². The quantitative estimate of drug-likeness (QED) is 0.598. The van der Waals surface area contributed by atoms with Crippen LogP contribution in [0.3, 0.4) is 0 Å². The van der Waals surface area contributed by atoms with Gasteiger partial charge in [-0.2, -0.15) is 0 Å². The first kappa shape index (κ1) is 20.8. The number of hydrogen-bond donors (Lipinski definition) is 2.